The molecule has 3 atom stereocenters. The average molecular weight is 355 g/mol. The van der Waals surface area contributed by atoms with Gasteiger partial charge in [0.25, 0.3) is 0 Å². The molecule has 0 unspecified atom stereocenters. The minimum absolute atomic E-state index is 0.0979. The van der Waals surface area contributed by atoms with Crippen LogP contribution in [0.1, 0.15) is 24.0 Å². The zero-order valence-corrected chi connectivity index (χ0v) is 15.0. The Morgan fingerprint density at radius 2 is 2.04 bits per heavy atom. The Bertz CT molecular complexity index is 689. The van der Waals surface area contributed by atoms with Gasteiger partial charge in [-0.25, -0.2) is 0 Å². The molecule has 6 nitrogen and oxygen atoms in total. The summed E-state index contributed by atoms with van der Waals surface area (Å²) in [6.07, 6.45) is 3.98. The molecule has 2 fully saturated rings. The van der Waals surface area contributed by atoms with E-state index in [4.69, 9.17) is 4.74 Å². The third-order valence-electron chi connectivity index (χ3n) is 5.16. The molecule has 2 heterocycles. The third-order valence-corrected chi connectivity index (χ3v) is 5.16. The predicted octanol–water partition coefficient (Wildman–Crippen LogP) is 1.23. The molecule has 0 aliphatic carbocycles. The van der Waals surface area contributed by atoms with Gasteiger partial charge >= 0.3 is 0 Å². The average Bonchev–Trinajstić information content (AvgIpc) is 2.64. The van der Waals surface area contributed by atoms with Gasteiger partial charge in [-0.05, 0) is 18.1 Å². The number of carbonyl (C=O) groups is 1. The number of hydrogen-bond donors (Lipinski definition) is 1. The number of carbonyl (C=O) groups excluding carboxylic acids is 1. The van der Waals surface area contributed by atoms with E-state index < -0.39 is 6.04 Å². The van der Waals surface area contributed by atoms with Crippen molar-refractivity contribution in [1.82, 2.24) is 9.80 Å². The predicted molar refractivity (Wildman–Crippen MR) is 98.3 cm³/mol. The van der Waals surface area contributed by atoms with E-state index in [1.54, 1.807) is 4.90 Å². The van der Waals surface area contributed by atoms with Crippen molar-refractivity contribution in [2.75, 3.05) is 39.5 Å². The number of likely N-dealkylation sites (tertiary alicyclic amines) is 1. The molecule has 0 aromatic heterocycles. The molecule has 0 radical (unpaired) electrons. The van der Waals surface area contributed by atoms with Gasteiger partial charge in [-0.3, -0.25) is 9.69 Å². The maximum Gasteiger partial charge on any atom is 0.238 e. The first-order chi connectivity index (χ1) is 12.7. The molecule has 2 saturated heterocycles. The standard InChI is InChI=1S/C20H25N3O3/c1-2-3-15-4-6-16(7-5-15)20-17(12-21)23(18(20)14-24)19(25)13-22-8-10-26-11-9-22/h2-7,17-18,20,24H,8-11,13-14H2,1H3/b3-2+/t17-,18+,20+/m1/s1. The van der Waals surface area contributed by atoms with Crippen LogP contribution in [0.3, 0.4) is 0 Å². The largest absolute Gasteiger partial charge is 0.394 e. The first-order valence-corrected chi connectivity index (χ1v) is 9.04. The van der Waals surface area contributed by atoms with Gasteiger partial charge in [0, 0.05) is 19.0 Å². The Morgan fingerprint density at radius 1 is 1.35 bits per heavy atom. The van der Waals surface area contributed by atoms with Gasteiger partial charge in [-0.1, -0.05) is 36.4 Å². The van der Waals surface area contributed by atoms with Gasteiger partial charge in [0.2, 0.25) is 5.91 Å². The number of aliphatic hydroxyl groups excluding tert-OH is 1. The molecule has 6 heteroatoms. The SMILES string of the molecule is C/C=C/c1ccc([C@H]2[C@@H](C#N)N(C(=O)CN3CCOCC3)[C@H]2CO)cc1. The monoisotopic (exact) mass is 355 g/mol. The molecule has 2 aliphatic heterocycles. The van der Waals surface area contributed by atoms with E-state index in [1.165, 1.54) is 0 Å². The maximum absolute atomic E-state index is 12.7. The molecule has 0 spiro atoms. The summed E-state index contributed by atoms with van der Waals surface area (Å²) in [4.78, 5) is 16.3. The zero-order chi connectivity index (χ0) is 18.5. The molecular weight excluding hydrogens is 330 g/mol. The summed E-state index contributed by atoms with van der Waals surface area (Å²) < 4.78 is 5.30. The van der Waals surface area contributed by atoms with E-state index in [1.807, 2.05) is 48.2 Å². The fourth-order valence-electron chi connectivity index (χ4n) is 3.80. The Balaban J connectivity index is 1.72. The van der Waals surface area contributed by atoms with E-state index in [0.29, 0.717) is 13.2 Å². The minimum Gasteiger partial charge on any atom is -0.394 e. The van der Waals surface area contributed by atoms with Crippen LogP contribution in [0.2, 0.25) is 0 Å². The van der Waals surface area contributed by atoms with E-state index in [0.717, 1.165) is 24.2 Å². The molecule has 1 aromatic rings. The van der Waals surface area contributed by atoms with Gasteiger partial charge in [-0.2, -0.15) is 5.26 Å². The van der Waals surface area contributed by atoms with Crippen molar-refractivity contribution in [3.63, 3.8) is 0 Å². The summed E-state index contributed by atoms with van der Waals surface area (Å²) in [6.45, 7) is 4.77. The van der Waals surface area contributed by atoms with Crippen molar-refractivity contribution in [3.05, 3.63) is 41.5 Å². The van der Waals surface area contributed by atoms with Crippen LogP contribution in [0.4, 0.5) is 0 Å². The summed E-state index contributed by atoms with van der Waals surface area (Å²) in [7, 11) is 0. The Hall–Kier alpha value is -2.20. The van der Waals surface area contributed by atoms with Crippen molar-refractivity contribution in [2.45, 2.75) is 24.9 Å². The molecule has 1 aromatic carbocycles. The smallest absolute Gasteiger partial charge is 0.238 e. The lowest BCUT2D eigenvalue weighted by Crippen LogP contribution is -2.66. The number of aliphatic hydroxyl groups is 1. The van der Waals surface area contributed by atoms with Crippen LogP contribution in [0.25, 0.3) is 6.08 Å². The number of allylic oxidation sites excluding steroid dienone is 1. The van der Waals surface area contributed by atoms with Gasteiger partial charge in [0.1, 0.15) is 6.04 Å². The van der Waals surface area contributed by atoms with Gasteiger partial charge in [0.15, 0.2) is 0 Å². The molecular formula is C20H25N3O3. The highest BCUT2D eigenvalue weighted by Crippen LogP contribution is 2.40. The number of ether oxygens (including phenoxy) is 1. The van der Waals surface area contributed by atoms with Crippen LogP contribution in [-0.4, -0.2) is 72.4 Å². The summed E-state index contributed by atoms with van der Waals surface area (Å²) in [5.41, 5.74) is 2.07. The fraction of sp³-hybridized carbons (Fsp3) is 0.500. The minimum atomic E-state index is -0.534. The number of nitrogens with zero attached hydrogens (tertiary/aromatic N) is 3. The number of amides is 1. The molecule has 0 saturated carbocycles. The van der Waals surface area contributed by atoms with E-state index in [-0.39, 0.29) is 31.0 Å². The molecule has 3 rings (SSSR count). The molecule has 1 N–H and O–H groups in total. The highest BCUT2D eigenvalue weighted by molar-refractivity contribution is 5.81. The van der Waals surface area contributed by atoms with Crippen molar-refractivity contribution in [1.29, 1.82) is 5.26 Å². The zero-order valence-electron chi connectivity index (χ0n) is 15.0. The van der Waals surface area contributed by atoms with Crippen LogP contribution in [-0.2, 0) is 9.53 Å². The maximum atomic E-state index is 12.7. The Kier molecular flexibility index (Phi) is 6.04. The van der Waals surface area contributed by atoms with Crippen molar-refractivity contribution >= 4 is 12.0 Å². The second-order valence-electron chi connectivity index (χ2n) is 6.71. The second-order valence-corrected chi connectivity index (χ2v) is 6.71. The fourth-order valence-corrected chi connectivity index (χ4v) is 3.80. The summed E-state index contributed by atoms with van der Waals surface area (Å²) in [5, 5.41) is 19.5. The van der Waals surface area contributed by atoms with E-state index >= 15 is 0 Å². The van der Waals surface area contributed by atoms with Crippen LogP contribution < -0.4 is 0 Å². The topological polar surface area (TPSA) is 76.8 Å². The normalized spacial score (nSPS) is 26.5. The summed E-state index contributed by atoms with van der Waals surface area (Å²) in [6, 6.07) is 9.34. The molecule has 1 amide bonds. The second kappa shape index (κ2) is 8.45. The Morgan fingerprint density at radius 3 is 2.62 bits per heavy atom. The number of benzene rings is 1. The molecule has 0 bridgehead atoms. The first-order valence-electron chi connectivity index (χ1n) is 9.04. The number of hydrogen-bond acceptors (Lipinski definition) is 5. The van der Waals surface area contributed by atoms with Crippen LogP contribution >= 0.6 is 0 Å². The van der Waals surface area contributed by atoms with E-state index in [9.17, 15) is 15.2 Å². The molecule has 138 valence electrons. The lowest BCUT2D eigenvalue weighted by molar-refractivity contribution is -0.149. The van der Waals surface area contributed by atoms with Crippen molar-refractivity contribution in [3.8, 4) is 6.07 Å². The number of rotatable bonds is 5. The van der Waals surface area contributed by atoms with Gasteiger partial charge in [0.05, 0.1) is 38.5 Å². The summed E-state index contributed by atoms with van der Waals surface area (Å²) in [5.74, 6) is -0.252. The molecule has 2 aliphatic rings. The van der Waals surface area contributed by atoms with Crippen LogP contribution in [0, 0.1) is 11.3 Å². The number of nitriles is 1. The highest BCUT2D eigenvalue weighted by Gasteiger charge is 2.51. The van der Waals surface area contributed by atoms with Crippen molar-refractivity contribution in [2.24, 2.45) is 0 Å². The lowest BCUT2D eigenvalue weighted by atomic mass is 9.75. The molecule has 26 heavy (non-hydrogen) atoms. The van der Waals surface area contributed by atoms with E-state index in [2.05, 4.69) is 6.07 Å². The number of morpholine rings is 1. The lowest BCUT2D eigenvalue weighted by Gasteiger charge is -2.52. The first kappa shape index (κ1) is 18.6. The Labute approximate surface area is 154 Å². The highest BCUT2D eigenvalue weighted by atomic mass is 16.5. The van der Waals surface area contributed by atoms with Gasteiger partial charge in [-0.15, -0.1) is 0 Å². The third kappa shape index (κ3) is 3.65. The van der Waals surface area contributed by atoms with Crippen molar-refractivity contribution < 1.29 is 14.6 Å². The van der Waals surface area contributed by atoms with Crippen LogP contribution in [0.5, 0.6) is 0 Å². The van der Waals surface area contributed by atoms with Crippen LogP contribution in [0.15, 0.2) is 30.3 Å². The van der Waals surface area contributed by atoms with Gasteiger partial charge < -0.3 is 14.7 Å². The quantitative estimate of drug-likeness (QED) is 0.860. The summed E-state index contributed by atoms with van der Waals surface area (Å²) >= 11 is 0.